The van der Waals surface area contributed by atoms with Gasteiger partial charge in [-0.25, -0.2) is 0 Å². The van der Waals surface area contributed by atoms with E-state index in [1.165, 1.54) is 11.3 Å². The van der Waals surface area contributed by atoms with Gasteiger partial charge < -0.3 is 19.7 Å². The van der Waals surface area contributed by atoms with Crippen LogP contribution in [0.25, 0.3) is 0 Å². The van der Waals surface area contributed by atoms with E-state index in [9.17, 15) is 9.59 Å². The molecule has 1 saturated heterocycles. The van der Waals surface area contributed by atoms with Gasteiger partial charge in [-0.3, -0.25) is 9.59 Å². The Kier molecular flexibility index (Phi) is 8.22. The predicted octanol–water partition coefficient (Wildman–Crippen LogP) is 3.79. The second-order valence-electron chi connectivity index (χ2n) is 7.01. The summed E-state index contributed by atoms with van der Waals surface area (Å²) in [6.45, 7) is 5.40. The lowest BCUT2D eigenvalue weighted by Gasteiger charge is -2.31. The molecule has 1 aliphatic heterocycles. The van der Waals surface area contributed by atoms with Crippen LogP contribution in [0, 0.1) is 5.92 Å². The van der Waals surface area contributed by atoms with E-state index in [1.807, 2.05) is 48.7 Å². The van der Waals surface area contributed by atoms with Crippen LogP contribution in [0.5, 0.6) is 0 Å². The molecule has 156 valence electrons. The number of ether oxygens (including phenoxy) is 2. The molecule has 0 bridgehead atoms. The molecule has 0 spiro atoms. The smallest absolute Gasteiger partial charge is 0.263 e. The van der Waals surface area contributed by atoms with Gasteiger partial charge >= 0.3 is 0 Å². The van der Waals surface area contributed by atoms with E-state index in [4.69, 9.17) is 9.47 Å². The average molecular weight is 417 g/mol. The molecule has 2 heterocycles. The summed E-state index contributed by atoms with van der Waals surface area (Å²) in [6.07, 6.45) is 1.63. The van der Waals surface area contributed by atoms with Crippen molar-refractivity contribution in [3.05, 3.63) is 52.2 Å². The molecule has 1 atom stereocenters. The third-order valence-corrected chi connectivity index (χ3v) is 5.71. The monoisotopic (exact) mass is 416 g/mol. The summed E-state index contributed by atoms with van der Waals surface area (Å²) in [5.74, 6) is -0.217. The number of amides is 2. The van der Waals surface area contributed by atoms with Crippen LogP contribution in [0.4, 0.5) is 5.69 Å². The van der Waals surface area contributed by atoms with Crippen LogP contribution in [-0.2, 0) is 20.9 Å². The lowest BCUT2D eigenvalue weighted by atomic mass is 9.96. The molecule has 1 unspecified atom stereocenters. The zero-order valence-electron chi connectivity index (χ0n) is 16.8. The first kappa shape index (κ1) is 21.5. The molecule has 7 heteroatoms. The van der Waals surface area contributed by atoms with Crippen LogP contribution >= 0.6 is 11.3 Å². The quantitative estimate of drug-likeness (QED) is 0.632. The van der Waals surface area contributed by atoms with Gasteiger partial charge in [0.1, 0.15) is 0 Å². The highest BCUT2D eigenvalue weighted by atomic mass is 32.1. The molecular formula is C22H28N2O4S. The van der Waals surface area contributed by atoms with Gasteiger partial charge in [0.05, 0.1) is 30.6 Å². The Morgan fingerprint density at radius 1 is 1.21 bits per heavy atom. The van der Waals surface area contributed by atoms with Crippen molar-refractivity contribution in [1.29, 1.82) is 0 Å². The van der Waals surface area contributed by atoms with Gasteiger partial charge in [-0.15, -0.1) is 11.3 Å². The number of nitrogens with one attached hydrogen (secondary N) is 1. The minimum Gasteiger partial charge on any atom is -0.379 e. The lowest BCUT2D eigenvalue weighted by molar-refractivity contribution is -0.121. The molecule has 1 aliphatic rings. The van der Waals surface area contributed by atoms with Crippen LogP contribution in [0.2, 0.25) is 0 Å². The zero-order chi connectivity index (χ0) is 20.5. The van der Waals surface area contributed by atoms with E-state index in [0.29, 0.717) is 39.5 Å². The lowest BCUT2D eigenvalue weighted by Crippen LogP contribution is -2.43. The average Bonchev–Trinajstić information content (AvgIpc) is 3.28. The number of carbonyl (C=O) groups excluding carboxylic acids is 2. The Bertz CT molecular complexity index is 794. The van der Waals surface area contributed by atoms with Crippen molar-refractivity contribution in [2.75, 3.05) is 38.2 Å². The van der Waals surface area contributed by atoms with Gasteiger partial charge in [0.2, 0.25) is 5.91 Å². The summed E-state index contributed by atoms with van der Waals surface area (Å²) >= 11 is 1.44. The van der Waals surface area contributed by atoms with Gasteiger partial charge in [-0.1, -0.05) is 18.2 Å². The molecule has 29 heavy (non-hydrogen) atoms. The van der Waals surface area contributed by atoms with Gasteiger partial charge in [0.25, 0.3) is 5.91 Å². The Morgan fingerprint density at radius 3 is 2.86 bits per heavy atom. The Balaban J connectivity index is 1.51. The van der Waals surface area contributed by atoms with Gasteiger partial charge in [-0.05, 0) is 48.9 Å². The van der Waals surface area contributed by atoms with Crippen LogP contribution in [-0.4, -0.2) is 49.6 Å². The first-order valence-electron chi connectivity index (χ1n) is 10.1. The van der Waals surface area contributed by atoms with Crippen molar-refractivity contribution < 1.29 is 19.1 Å². The number of thiophene rings is 1. The largest absolute Gasteiger partial charge is 0.379 e. The number of rotatable bonds is 9. The Morgan fingerprint density at radius 2 is 2.07 bits per heavy atom. The van der Waals surface area contributed by atoms with E-state index in [1.54, 1.807) is 4.90 Å². The minimum atomic E-state index is -0.196. The van der Waals surface area contributed by atoms with Crippen molar-refractivity contribution in [2.45, 2.75) is 26.4 Å². The summed E-state index contributed by atoms with van der Waals surface area (Å²) < 4.78 is 10.8. The Labute approximate surface area is 175 Å². The fourth-order valence-corrected chi connectivity index (χ4v) is 4.06. The highest BCUT2D eigenvalue weighted by molar-refractivity contribution is 7.12. The molecule has 1 aromatic carbocycles. The predicted molar refractivity (Wildman–Crippen MR) is 114 cm³/mol. The van der Waals surface area contributed by atoms with Crippen LogP contribution in [0.3, 0.4) is 0 Å². The molecule has 0 saturated carbocycles. The van der Waals surface area contributed by atoms with Gasteiger partial charge in [0, 0.05) is 25.4 Å². The minimum absolute atomic E-state index is 0.0173. The molecule has 3 rings (SSSR count). The third-order valence-electron chi connectivity index (χ3n) is 4.85. The molecule has 1 aromatic heterocycles. The van der Waals surface area contributed by atoms with Gasteiger partial charge in [-0.2, -0.15) is 0 Å². The number of likely N-dealkylation sites (tertiary alicyclic amines) is 1. The second-order valence-corrected chi connectivity index (χ2v) is 7.95. The third kappa shape index (κ3) is 6.39. The molecule has 2 amide bonds. The summed E-state index contributed by atoms with van der Waals surface area (Å²) in [4.78, 5) is 27.9. The van der Waals surface area contributed by atoms with E-state index in [2.05, 4.69) is 5.32 Å². The zero-order valence-corrected chi connectivity index (χ0v) is 17.6. The number of hydrogen-bond donors (Lipinski definition) is 1. The summed E-state index contributed by atoms with van der Waals surface area (Å²) in [5, 5.41) is 4.90. The summed E-state index contributed by atoms with van der Waals surface area (Å²) in [5.41, 5.74) is 1.75. The number of benzene rings is 1. The van der Waals surface area contributed by atoms with Crippen molar-refractivity contribution in [3.63, 3.8) is 0 Å². The second kappa shape index (κ2) is 11.1. The van der Waals surface area contributed by atoms with Crippen molar-refractivity contribution in [2.24, 2.45) is 5.92 Å². The number of carbonyl (C=O) groups is 2. The highest BCUT2D eigenvalue weighted by Crippen LogP contribution is 2.22. The van der Waals surface area contributed by atoms with Crippen LogP contribution in [0.1, 0.15) is 35.0 Å². The molecule has 1 fully saturated rings. The van der Waals surface area contributed by atoms with E-state index in [-0.39, 0.29) is 17.7 Å². The highest BCUT2D eigenvalue weighted by Gasteiger charge is 2.29. The van der Waals surface area contributed by atoms with Crippen molar-refractivity contribution >= 4 is 28.8 Å². The molecule has 1 N–H and O–H groups in total. The summed E-state index contributed by atoms with van der Waals surface area (Å²) in [7, 11) is 0. The van der Waals surface area contributed by atoms with E-state index in [0.717, 1.165) is 29.0 Å². The SMILES string of the molecule is CCOCCOCc1cccc(NC(=O)C2CCCN(C(=O)c3cccs3)C2)c1. The molecule has 0 radical (unpaired) electrons. The number of nitrogens with zero attached hydrogens (tertiary/aromatic N) is 1. The number of hydrogen-bond acceptors (Lipinski definition) is 5. The first-order chi connectivity index (χ1) is 14.2. The maximum atomic E-state index is 12.8. The molecule has 0 aliphatic carbocycles. The van der Waals surface area contributed by atoms with E-state index < -0.39 is 0 Å². The maximum Gasteiger partial charge on any atom is 0.263 e. The van der Waals surface area contributed by atoms with Gasteiger partial charge in [0.15, 0.2) is 0 Å². The van der Waals surface area contributed by atoms with Crippen molar-refractivity contribution in [3.8, 4) is 0 Å². The van der Waals surface area contributed by atoms with Crippen LogP contribution < -0.4 is 5.32 Å². The number of anilines is 1. The standard InChI is InChI=1S/C22H28N2O4S/c1-2-27-11-12-28-16-17-6-3-8-19(14-17)23-21(25)18-7-4-10-24(15-18)22(26)20-9-5-13-29-20/h3,5-6,8-9,13-14,18H,2,4,7,10-12,15-16H2,1H3,(H,23,25). The molecule has 6 nitrogen and oxygen atoms in total. The topological polar surface area (TPSA) is 67.9 Å². The molecular weight excluding hydrogens is 388 g/mol. The van der Waals surface area contributed by atoms with E-state index >= 15 is 0 Å². The fourth-order valence-electron chi connectivity index (χ4n) is 3.37. The Hall–Kier alpha value is -2.22. The first-order valence-corrected chi connectivity index (χ1v) is 10.9. The summed E-state index contributed by atoms with van der Waals surface area (Å²) in [6, 6.07) is 11.4. The van der Waals surface area contributed by atoms with Crippen LogP contribution in [0.15, 0.2) is 41.8 Å². The maximum absolute atomic E-state index is 12.8. The molecule has 2 aromatic rings. The van der Waals surface area contributed by atoms with Crippen molar-refractivity contribution in [1.82, 2.24) is 4.90 Å². The number of piperidine rings is 1. The normalized spacial score (nSPS) is 16.6. The fraction of sp³-hybridized carbons (Fsp3) is 0.455.